The zero-order valence-electron chi connectivity index (χ0n) is 9.72. The van der Waals surface area contributed by atoms with Gasteiger partial charge in [-0.15, -0.1) is 0 Å². The molecule has 3 heteroatoms. The second-order valence-electron chi connectivity index (χ2n) is 3.71. The van der Waals surface area contributed by atoms with Crippen molar-refractivity contribution >= 4 is 5.69 Å². The summed E-state index contributed by atoms with van der Waals surface area (Å²) < 4.78 is 10.7. The van der Waals surface area contributed by atoms with Crippen molar-refractivity contribution in [3.8, 4) is 11.5 Å². The average molecular weight is 229 g/mol. The molecule has 88 valence electrons. The van der Waals surface area contributed by atoms with Gasteiger partial charge in [-0.1, -0.05) is 12.1 Å². The minimum atomic E-state index is 0.511. The highest BCUT2D eigenvalue weighted by molar-refractivity contribution is 5.40. The first-order valence-corrected chi connectivity index (χ1v) is 5.39. The summed E-state index contributed by atoms with van der Waals surface area (Å²) in [6.45, 7) is 0.511. The minimum absolute atomic E-state index is 0.511. The van der Waals surface area contributed by atoms with E-state index in [4.69, 9.17) is 15.2 Å². The summed E-state index contributed by atoms with van der Waals surface area (Å²) >= 11 is 0. The van der Waals surface area contributed by atoms with Gasteiger partial charge in [0.05, 0.1) is 7.11 Å². The third-order valence-electron chi connectivity index (χ3n) is 2.42. The molecular weight excluding hydrogens is 214 g/mol. The van der Waals surface area contributed by atoms with Crippen molar-refractivity contribution in [2.24, 2.45) is 0 Å². The number of hydrogen-bond donors (Lipinski definition) is 1. The third kappa shape index (κ3) is 3.14. The Bertz CT molecular complexity index is 480. The first kappa shape index (κ1) is 11.3. The van der Waals surface area contributed by atoms with Gasteiger partial charge in [0.15, 0.2) is 0 Å². The van der Waals surface area contributed by atoms with Gasteiger partial charge < -0.3 is 15.2 Å². The predicted octanol–water partition coefficient (Wildman–Crippen LogP) is 2.86. The molecule has 0 amide bonds. The van der Waals surface area contributed by atoms with E-state index in [0.29, 0.717) is 6.61 Å². The van der Waals surface area contributed by atoms with Crippen molar-refractivity contribution in [3.63, 3.8) is 0 Å². The lowest BCUT2D eigenvalue weighted by atomic mass is 10.2. The van der Waals surface area contributed by atoms with E-state index in [0.717, 1.165) is 22.7 Å². The summed E-state index contributed by atoms with van der Waals surface area (Å²) in [5.41, 5.74) is 7.50. The molecule has 0 unspecified atom stereocenters. The predicted molar refractivity (Wildman–Crippen MR) is 68.2 cm³/mol. The zero-order valence-corrected chi connectivity index (χ0v) is 9.72. The molecule has 0 aliphatic rings. The molecule has 17 heavy (non-hydrogen) atoms. The highest BCUT2D eigenvalue weighted by Gasteiger charge is 1.97. The molecule has 0 bridgehead atoms. The molecule has 3 nitrogen and oxygen atoms in total. The number of nitrogens with two attached hydrogens (primary N) is 1. The molecule has 0 saturated heterocycles. The maximum atomic E-state index is 5.69. The normalized spacial score (nSPS) is 9.94. The summed E-state index contributed by atoms with van der Waals surface area (Å²) in [6.07, 6.45) is 0. The van der Waals surface area contributed by atoms with Crippen molar-refractivity contribution in [3.05, 3.63) is 54.1 Å². The monoisotopic (exact) mass is 229 g/mol. The summed E-state index contributed by atoms with van der Waals surface area (Å²) in [5.74, 6) is 1.63. The summed E-state index contributed by atoms with van der Waals surface area (Å²) in [5, 5.41) is 0. The van der Waals surface area contributed by atoms with E-state index in [1.165, 1.54) is 0 Å². The Morgan fingerprint density at radius 2 is 1.71 bits per heavy atom. The molecule has 0 spiro atoms. The molecule has 2 aromatic carbocycles. The van der Waals surface area contributed by atoms with E-state index < -0.39 is 0 Å². The fourth-order valence-electron chi connectivity index (χ4n) is 1.52. The van der Waals surface area contributed by atoms with Gasteiger partial charge in [0.1, 0.15) is 18.1 Å². The highest BCUT2D eigenvalue weighted by Crippen LogP contribution is 2.18. The lowest BCUT2D eigenvalue weighted by molar-refractivity contribution is 0.305. The lowest BCUT2D eigenvalue weighted by Crippen LogP contribution is -1.96. The number of hydrogen-bond acceptors (Lipinski definition) is 3. The first-order valence-electron chi connectivity index (χ1n) is 5.39. The van der Waals surface area contributed by atoms with Crippen molar-refractivity contribution in [1.82, 2.24) is 0 Å². The summed E-state index contributed by atoms with van der Waals surface area (Å²) in [7, 11) is 1.64. The topological polar surface area (TPSA) is 44.5 Å². The second-order valence-corrected chi connectivity index (χ2v) is 3.71. The van der Waals surface area contributed by atoms with Gasteiger partial charge in [-0.2, -0.15) is 0 Å². The molecule has 0 aliphatic carbocycles. The fraction of sp³-hybridized carbons (Fsp3) is 0.143. The van der Waals surface area contributed by atoms with Gasteiger partial charge in [-0.25, -0.2) is 0 Å². The minimum Gasteiger partial charge on any atom is -0.497 e. The molecule has 0 fully saturated rings. The number of nitrogen functional groups attached to an aromatic ring is 1. The molecule has 0 aromatic heterocycles. The Morgan fingerprint density at radius 3 is 2.35 bits per heavy atom. The van der Waals surface area contributed by atoms with Crippen LogP contribution in [0.25, 0.3) is 0 Å². The molecule has 0 aliphatic heterocycles. The standard InChI is InChI=1S/C14H15NO2/c1-16-13-5-7-14(8-6-13)17-10-11-3-2-4-12(15)9-11/h2-9H,10,15H2,1H3. The van der Waals surface area contributed by atoms with Crippen LogP contribution in [0.15, 0.2) is 48.5 Å². The SMILES string of the molecule is COc1ccc(OCc2cccc(N)c2)cc1. The number of rotatable bonds is 4. The molecule has 2 N–H and O–H groups in total. The maximum absolute atomic E-state index is 5.69. The summed E-state index contributed by atoms with van der Waals surface area (Å²) in [6, 6.07) is 15.2. The first-order chi connectivity index (χ1) is 8.28. The summed E-state index contributed by atoms with van der Waals surface area (Å²) in [4.78, 5) is 0. The number of ether oxygens (including phenoxy) is 2. The van der Waals surface area contributed by atoms with Crippen LogP contribution in [0.4, 0.5) is 5.69 Å². The van der Waals surface area contributed by atoms with Gasteiger partial charge in [0.25, 0.3) is 0 Å². The van der Waals surface area contributed by atoms with Crippen molar-refractivity contribution in [2.45, 2.75) is 6.61 Å². The quantitative estimate of drug-likeness (QED) is 0.820. The maximum Gasteiger partial charge on any atom is 0.120 e. The zero-order chi connectivity index (χ0) is 12.1. The van der Waals surface area contributed by atoms with Crippen LogP contribution in [-0.4, -0.2) is 7.11 Å². The third-order valence-corrected chi connectivity index (χ3v) is 2.42. The molecule has 2 rings (SSSR count). The van der Waals surface area contributed by atoms with Crippen molar-refractivity contribution < 1.29 is 9.47 Å². The van der Waals surface area contributed by atoms with E-state index >= 15 is 0 Å². The number of anilines is 1. The van der Waals surface area contributed by atoms with E-state index in [-0.39, 0.29) is 0 Å². The number of methoxy groups -OCH3 is 1. The van der Waals surface area contributed by atoms with Gasteiger partial charge >= 0.3 is 0 Å². The fourth-order valence-corrected chi connectivity index (χ4v) is 1.52. The Labute approximate surface area is 101 Å². The number of benzene rings is 2. The van der Waals surface area contributed by atoms with Crippen LogP contribution in [0.5, 0.6) is 11.5 Å². The van der Waals surface area contributed by atoms with Crippen LogP contribution in [0.3, 0.4) is 0 Å². The van der Waals surface area contributed by atoms with Crippen LogP contribution >= 0.6 is 0 Å². The van der Waals surface area contributed by atoms with Crippen LogP contribution in [-0.2, 0) is 6.61 Å². The van der Waals surface area contributed by atoms with Gasteiger partial charge in [-0.05, 0) is 42.0 Å². The van der Waals surface area contributed by atoms with Crippen LogP contribution in [0.1, 0.15) is 5.56 Å². The van der Waals surface area contributed by atoms with Gasteiger partial charge in [0.2, 0.25) is 0 Å². The van der Waals surface area contributed by atoms with E-state index in [1.807, 2.05) is 48.5 Å². The highest BCUT2D eigenvalue weighted by atomic mass is 16.5. The Kier molecular flexibility index (Phi) is 3.50. The van der Waals surface area contributed by atoms with E-state index in [9.17, 15) is 0 Å². The van der Waals surface area contributed by atoms with Gasteiger partial charge in [-0.3, -0.25) is 0 Å². The Balaban J connectivity index is 1.97. The average Bonchev–Trinajstić information content (AvgIpc) is 2.37. The van der Waals surface area contributed by atoms with E-state index in [2.05, 4.69) is 0 Å². The smallest absolute Gasteiger partial charge is 0.120 e. The van der Waals surface area contributed by atoms with Crippen LogP contribution in [0, 0.1) is 0 Å². The molecule has 0 saturated carbocycles. The lowest BCUT2D eigenvalue weighted by Gasteiger charge is -2.07. The Morgan fingerprint density at radius 1 is 1.00 bits per heavy atom. The van der Waals surface area contributed by atoms with Crippen LogP contribution < -0.4 is 15.2 Å². The molecule has 0 heterocycles. The molecule has 0 atom stereocenters. The van der Waals surface area contributed by atoms with Crippen molar-refractivity contribution in [1.29, 1.82) is 0 Å². The molecule has 2 aromatic rings. The Hall–Kier alpha value is -2.16. The second kappa shape index (κ2) is 5.25. The van der Waals surface area contributed by atoms with Gasteiger partial charge in [0, 0.05) is 5.69 Å². The van der Waals surface area contributed by atoms with E-state index in [1.54, 1.807) is 7.11 Å². The molecular formula is C14H15NO2. The van der Waals surface area contributed by atoms with Crippen molar-refractivity contribution in [2.75, 3.05) is 12.8 Å². The largest absolute Gasteiger partial charge is 0.497 e. The molecule has 0 radical (unpaired) electrons. The van der Waals surface area contributed by atoms with Crippen LogP contribution in [0.2, 0.25) is 0 Å².